The van der Waals surface area contributed by atoms with Gasteiger partial charge in [0.05, 0.1) is 0 Å². The Morgan fingerprint density at radius 1 is 0.206 bits per heavy atom. The summed E-state index contributed by atoms with van der Waals surface area (Å²) in [6.45, 7) is 67.9. The molecule has 17 rings (SSSR count). The lowest BCUT2D eigenvalue weighted by atomic mass is 9.85. The van der Waals surface area contributed by atoms with Crippen molar-refractivity contribution in [1.82, 2.24) is 9.13 Å². The molecule has 15 aromatic carbocycles. The molecule has 0 bridgehead atoms. The van der Waals surface area contributed by atoms with E-state index < -0.39 is 0 Å². The van der Waals surface area contributed by atoms with Crippen LogP contribution in [0.15, 0.2) is 352 Å². The Labute approximate surface area is 788 Å². The summed E-state index contributed by atoms with van der Waals surface area (Å²) in [7, 11) is 0. The lowest BCUT2D eigenvalue weighted by Crippen LogP contribution is -2.37. The molecule has 0 N–H and O–H groups in total. The first kappa shape index (κ1) is 97.9. The van der Waals surface area contributed by atoms with Crippen molar-refractivity contribution < 1.29 is 0 Å². The second-order valence-corrected chi connectivity index (χ2v) is 45.6. The predicted molar refractivity (Wildman–Crippen MR) is 579 cm³/mol. The molecule has 0 atom stereocenters. The fourth-order valence-electron chi connectivity index (χ4n) is 17.4. The van der Waals surface area contributed by atoms with Crippen LogP contribution in [-0.4, -0.2) is 20.2 Å². The Balaban J connectivity index is 0.000000149. The molecular formula is C126H149N5. The summed E-state index contributed by atoms with van der Waals surface area (Å²) >= 11 is 0. The third-order valence-corrected chi connectivity index (χ3v) is 23.9. The highest BCUT2D eigenvalue weighted by Gasteiger charge is 2.30. The van der Waals surface area contributed by atoms with E-state index in [-0.39, 0.29) is 43.8 Å². The van der Waals surface area contributed by atoms with Crippen LogP contribution in [0.5, 0.6) is 0 Å². The van der Waals surface area contributed by atoms with Crippen LogP contribution in [0.3, 0.4) is 0 Å². The number of hydrogen-bond acceptors (Lipinski definition) is 3. The molecule has 0 saturated heterocycles. The van der Waals surface area contributed by atoms with E-state index >= 15 is 0 Å². The van der Waals surface area contributed by atoms with Gasteiger partial charge in [-0.3, -0.25) is 0 Å². The first-order valence-corrected chi connectivity index (χ1v) is 47.5. The first-order chi connectivity index (χ1) is 61.4. The van der Waals surface area contributed by atoms with E-state index in [9.17, 15) is 0 Å². The van der Waals surface area contributed by atoms with Crippen LogP contribution in [0.1, 0.15) is 241 Å². The lowest BCUT2D eigenvalue weighted by Gasteiger charge is -2.38. The third-order valence-electron chi connectivity index (χ3n) is 23.9. The quantitative estimate of drug-likeness (QED) is 0.136. The van der Waals surface area contributed by atoms with Crippen molar-refractivity contribution in [2.45, 2.75) is 257 Å². The summed E-state index contributed by atoms with van der Waals surface area (Å²) < 4.78 is 4.99. The number of para-hydroxylation sites is 4. The number of rotatable bonds is 10. The molecule has 0 spiro atoms. The predicted octanol–water partition coefficient (Wildman–Crippen LogP) is 37.5. The summed E-state index contributed by atoms with van der Waals surface area (Å²) in [5.41, 5.74) is 26.8. The minimum Gasteiger partial charge on any atom is -0.336 e. The van der Waals surface area contributed by atoms with E-state index in [0.29, 0.717) is 11.3 Å². The molecule has 0 aliphatic heterocycles. The third kappa shape index (κ3) is 24.5. The molecule has 0 unspecified atom stereocenters. The molecule has 5 nitrogen and oxygen atoms in total. The van der Waals surface area contributed by atoms with E-state index in [1.165, 1.54) is 155 Å². The molecule has 2 aromatic heterocycles. The van der Waals surface area contributed by atoms with E-state index in [0.717, 1.165) is 0 Å². The van der Waals surface area contributed by atoms with E-state index in [1.807, 2.05) is 18.2 Å². The molecule has 0 saturated carbocycles. The average molecular weight is 1730 g/mol. The monoisotopic (exact) mass is 1730 g/mol. The van der Waals surface area contributed by atoms with Gasteiger partial charge in [0.25, 0.3) is 0 Å². The standard InChI is InChI=1S/C36H41N.C24H23N.C24H33N.C19H25N.C18H15N.C5H12/c1-34(2,3)28-16-10-24(11-17-28)26-14-20-32-30(22-26)31-23-27(15-21-33(31)37(32)36(7,8)9)25-12-18-29(19-13-25)35(4,5)6;1-24(2,3)25(22-14-12-18-8-4-6-10-20(18)16-22)23-15-13-19-9-5-7-11-21(19)17-23;1-22(2,3)16-10-12-20-18(14-16)19-15-17(23(4,5)6)11-13-21(19)25(20)24(7,8)9;1-15(2)16-10-9-13-18(14-16)20(19(3,4)5)17-11-7-6-8-12-17;1-4-10-16(11-5-1)19(17-12-6-2-7-13-17)18-14-8-3-9-15-18;1-5(2,3)4/h10-23H,1-9H3;4-17H,1-3H3;10-15H,1-9H3;6-15H,1-5H3;1-15H;1-4H3. The van der Waals surface area contributed by atoms with Gasteiger partial charge in [0.1, 0.15) is 0 Å². The van der Waals surface area contributed by atoms with Crippen molar-refractivity contribution in [1.29, 1.82) is 0 Å². The minimum atomic E-state index is -0.0229. The van der Waals surface area contributed by atoms with Crippen molar-refractivity contribution in [2.75, 3.05) is 14.7 Å². The zero-order valence-corrected chi connectivity index (χ0v) is 84.8. The highest BCUT2D eigenvalue weighted by molar-refractivity contribution is 6.11. The summed E-state index contributed by atoms with van der Waals surface area (Å²) in [5.74, 6) is 0.549. The number of nitrogens with zero attached hydrogens (tertiary/aromatic N) is 5. The number of fused-ring (bicyclic) bond motifs is 8. The Morgan fingerprint density at radius 2 is 0.466 bits per heavy atom. The Hall–Kier alpha value is -12.2. The van der Waals surface area contributed by atoms with Gasteiger partial charge in [-0.15, -0.1) is 0 Å². The molecule has 5 heteroatoms. The molecule has 17 aromatic rings. The maximum absolute atomic E-state index is 2.50. The maximum Gasteiger partial charge on any atom is 0.0496 e. The minimum absolute atomic E-state index is 0.0221. The van der Waals surface area contributed by atoms with Crippen LogP contribution in [0.25, 0.3) is 87.4 Å². The van der Waals surface area contributed by atoms with Crippen molar-refractivity contribution >= 4 is 105 Å². The average Bonchev–Trinajstić information content (AvgIpc) is 1.56. The van der Waals surface area contributed by atoms with Gasteiger partial charge in [0, 0.05) is 106 Å². The summed E-state index contributed by atoms with van der Waals surface area (Å²) in [6, 6.07) is 127. The smallest absolute Gasteiger partial charge is 0.0496 e. The molecule has 131 heavy (non-hydrogen) atoms. The molecule has 0 amide bonds. The van der Waals surface area contributed by atoms with Crippen LogP contribution < -0.4 is 14.7 Å². The largest absolute Gasteiger partial charge is 0.336 e. The van der Waals surface area contributed by atoms with Gasteiger partial charge in [-0.1, -0.05) is 343 Å². The topological polar surface area (TPSA) is 19.6 Å². The fraction of sp³-hybridized carbons (Fsp3) is 0.317. The highest BCUT2D eigenvalue weighted by Crippen LogP contribution is 2.45. The second kappa shape index (κ2) is 39.5. The van der Waals surface area contributed by atoms with Crippen molar-refractivity contribution in [3.05, 3.63) is 380 Å². The van der Waals surface area contributed by atoms with Gasteiger partial charge in [0.2, 0.25) is 0 Å². The van der Waals surface area contributed by atoms with Crippen LogP contribution in [0.2, 0.25) is 0 Å². The number of aromatic nitrogens is 2. The van der Waals surface area contributed by atoms with Gasteiger partial charge < -0.3 is 23.8 Å². The Kier molecular flexibility index (Phi) is 29.5. The van der Waals surface area contributed by atoms with Crippen LogP contribution in [0, 0.1) is 5.41 Å². The van der Waals surface area contributed by atoms with Gasteiger partial charge in [-0.05, 0) is 321 Å². The van der Waals surface area contributed by atoms with Crippen LogP contribution >= 0.6 is 0 Å². The molecule has 678 valence electrons. The van der Waals surface area contributed by atoms with E-state index in [1.54, 1.807) is 0 Å². The number of benzene rings is 15. The van der Waals surface area contributed by atoms with E-state index in [2.05, 4.69) is 565 Å². The molecule has 0 aliphatic rings. The number of anilines is 7. The van der Waals surface area contributed by atoms with Crippen LogP contribution in [0.4, 0.5) is 39.8 Å². The zero-order valence-electron chi connectivity index (χ0n) is 84.8. The fourth-order valence-corrected chi connectivity index (χ4v) is 17.4. The zero-order chi connectivity index (χ0) is 95.1. The van der Waals surface area contributed by atoms with Gasteiger partial charge in [-0.25, -0.2) is 0 Å². The summed E-state index contributed by atoms with van der Waals surface area (Å²) in [4.78, 5) is 7.07. The molecule has 0 aliphatic carbocycles. The van der Waals surface area contributed by atoms with E-state index in [4.69, 9.17) is 0 Å². The first-order valence-electron chi connectivity index (χ1n) is 47.5. The Morgan fingerprint density at radius 3 is 0.771 bits per heavy atom. The lowest BCUT2D eigenvalue weighted by molar-refractivity contribution is 0.423. The van der Waals surface area contributed by atoms with Crippen molar-refractivity contribution in [2.24, 2.45) is 5.41 Å². The number of hydrogen-bond donors (Lipinski definition) is 0. The Bertz CT molecular complexity index is 6270. The van der Waals surface area contributed by atoms with Gasteiger partial charge in [-0.2, -0.15) is 0 Å². The van der Waals surface area contributed by atoms with Crippen molar-refractivity contribution in [3.8, 4) is 22.3 Å². The summed E-state index contributed by atoms with van der Waals surface area (Å²) in [6.07, 6.45) is 0. The molecular weight excluding hydrogens is 1580 g/mol. The molecule has 2 heterocycles. The second-order valence-electron chi connectivity index (χ2n) is 45.6. The van der Waals surface area contributed by atoms with Gasteiger partial charge >= 0.3 is 0 Å². The summed E-state index contributed by atoms with van der Waals surface area (Å²) in [5, 5.41) is 10.5. The normalized spacial score (nSPS) is 12.3. The maximum atomic E-state index is 2.50. The highest BCUT2D eigenvalue weighted by atomic mass is 15.2. The van der Waals surface area contributed by atoms with Crippen LogP contribution in [-0.2, 0) is 32.7 Å². The molecule has 0 radical (unpaired) electrons. The molecule has 0 fully saturated rings. The van der Waals surface area contributed by atoms with Gasteiger partial charge in [0.15, 0.2) is 0 Å². The van der Waals surface area contributed by atoms with Crippen molar-refractivity contribution in [3.63, 3.8) is 0 Å². The SMILES string of the molecule is CC(C)(C)C.CC(C)(C)N(c1ccc2ccccc2c1)c1ccc2ccccc2c1.CC(C)(C)c1ccc(-c2ccc3c(c2)c2cc(-c4ccc(C(C)(C)C)cc4)ccc2n3C(C)(C)C)cc1.CC(C)(C)c1ccc2c(c1)c1cc(C(C)(C)C)ccc1n2C(C)(C)C.CC(C)c1cccc(N(c2ccccc2)C(C)(C)C)c1.c1ccc(N(c2ccccc2)c2ccccc2)cc1.